The van der Waals surface area contributed by atoms with Crippen molar-refractivity contribution in [3.63, 3.8) is 0 Å². The predicted molar refractivity (Wildman–Crippen MR) is 48.3 cm³/mol. The van der Waals surface area contributed by atoms with Crippen LogP contribution < -0.4 is 4.72 Å². The first kappa shape index (κ1) is 11.9. The Morgan fingerprint density at radius 2 is 2.00 bits per heavy atom. The maximum absolute atomic E-state index is 10.3. The molecule has 0 aromatic rings. The Balaban J connectivity index is 3.53. The lowest BCUT2D eigenvalue weighted by molar-refractivity contribution is 0.446. The summed E-state index contributed by atoms with van der Waals surface area (Å²) >= 11 is 0. The zero-order valence-electron chi connectivity index (χ0n) is 7.58. The molecule has 2 N–H and O–H groups in total. The van der Waals surface area contributed by atoms with Gasteiger partial charge in [0.1, 0.15) is 0 Å². The first-order valence-electron chi connectivity index (χ1n) is 4.20. The number of nitrogens with one attached hydrogen (secondary N) is 1. The van der Waals surface area contributed by atoms with Gasteiger partial charge in [-0.1, -0.05) is 26.2 Å². The number of hydrogen-bond donors (Lipinski definition) is 2. The SMILES string of the molecule is CCCCC[C@H](C)NS(=O)(=O)O. The lowest BCUT2D eigenvalue weighted by Crippen LogP contribution is -2.31. The van der Waals surface area contributed by atoms with Gasteiger partial charge in [0, 0.05) is 6.04 Å². The first-order chi connectivity index (χ1) is 5.45. The normalized spacial score (nSPS) is 14.6. The van der Waals surface area contributed by atoms with Crippen molar-refractivity contribution in [1.82, 2.24) is 4.72 Å². The summed E-state index contributed by atoms with van der Waals surface area (Å²) in [7, 11) is -4.01. The van der Waals surface area contributed by atoms with E-state index < -0.39 is 10.3 Å². The minimum absolute atomic E-state index is 0.174. The molecule has 0 aliphatic carbocycles. The maximum atomic E-state index is 10.3. The Morgan fingerprint density at radius 3 is 2.42 bits per heavy atom. The summed E-state index contributed by atoms with van der Waals surface area (Å²) in [5.41, 5.74) is 0. The molecule has 0 aromatic heterocycles. The van der Waals surface area contributed by atoms with Gasteiger partial charge < -0.3 is 0 Å². The standard InChI is InChI=1S/C7H17NO3S/c1-3-4-5-6-7(2)8-12(9,10)11/h7-8H,3-6H2,1-2H3,(H,9,10,11)/t7-/m0/s1. The van der Waals surface area contributed by atoms with Crippen LogP contribution in [0.15, 0.2) is 0 Å². The molecule has 4 nitrogen and oxygen atoms in total. The quantitative estimate of drug-likeness (QED) is 0.496. The Labute approximate surface area is 74.2 Å². The third-order valence-electron chi connectivity index (χ3n) is 1.59. The van der Waals surface area contributed by atoms with Crippen LogP contribution >= 0.6 is 0 Å². The molecule has 5 heteroatoms. The van der Waals surface area contributed by atoms with Gasteiger partial charge in [-0.25, -0.2) is 0 Å². The molecule has 0 saturated carbocycles. The van der Waals surface area contributed by atoms with Crippen molar-refractivity contribution in [3.05, 3.63) is 0 Å². The lowest BCUT2D eigenvalue weighted by Gasteiger charge is -2.09. The molecule has 0 aliphatic rings. The number of hydrogen-bond acceptors (Lipinski definition) is 2. The highest BCUT2D eigenvalue weighted by atomic mass is 32.2. The Bertz CT molecular complexity index is 201. The van der Waals surface area contributed by atoms with E-state index in [4.69, 9.17) is 4.55 Å². The fourth-order valence-corrected chi connectivity index (χ4v) is 1.64. The van der Waals surface area contributed by atoms with E-state index in [-0.39, 0.29) is 6.04 Å². The van der Waals surface area contributed by atoms with E-state index in [0.29, 0.717) is 0 Å². The van der Waals surface area contributed by atoms with Crippen molar-refractivity contribution >= 4 is 10.3 Å². The Morgan fingerprint density at radius 1 is 1.42 bits per heavy atom. The van der Waals surface area contributed by atoms with Gasteiger partial charge in [0.25, 0.3) is 0 Å². The third kappa shape index (κ3) is 7.97. The molecule has 0 fully saturated rings. The van der Waals surface area contributed by atoms with E-state index in [0.717, 1.165) is 25.7 Å². The van der Waals surface area contributed by atoms with E-state index in [1.807, 2.05) is 0 Å². The van der Waals surface area contributed by atoms with Crippen molar-refractivity contribution < 1.29 is 13.0 Å². The van der Waals surface area contributed by atoms with E-state index in [9.17, 15) is 8.42 Å². The van der Waals surface area contributed by atoms with Crippen LogP contribution in [0, 0.1) is 0 Å². The molecule has 0 spiro atoms. The predicted octanol–water partition coefficient (Wildman–Crippen LogP) is 1.35. The van der Waals surface area contributed by atoms with Gasteiger partial charge in [0.15, 0.2) is 0 Å². The third-order valence-corrected chi connectivity index (χ3v) is 2.29. The Hall–Kier alpha value is -0.130. The second kappa shape index (κ2) is 5.50. The van der Waals surface area contributed by atoms with Gasteiger partial charge in [-0.2, -0.15) is 13.1 Å². The summed E-state index contributed by atoms with van der Waals surface area (Å²) in [5.74, 6) is 0. The molecule has 12 heavy (non-hydrogen) atoms. The lowest BCUT2D eigenvalue weighted by atomic mass is 10.1. The monoisotopic (exact) mass is 195 g/mol. The van der Waals surface area contributed by atoms with E-state index in [1.54, 1.807) is 6.92 Å². The number of rotatable bonds is 6. The topological polar surface area (TPSA) is 66.4 Å². The molecular formula is C7H17NO3S. The molecule has 0 unspecified atom stereocenters. The van der Waals surface area contributed by atoms with Crippen molar-refractivity contribution in [3.8, 4) is 0 Å². The molecule has 0 heterocycles. The van der Waals surface area contributed by atoms with Gasteiger partial charge in [0.05, 0.1) is 0 Å². The molecule has 1 atom stereocenters. The highest BCUT2D eigenvalue weighted by molar-refractivity contribution is 7.83. The van der Waals surface area contributed by atoms with Crippen LogP contribution in [0.5, 0.6) is 0 Å². The van der Waals surface area contributed by atoms with Crippen molar-refractivity contribution in [2.45, 2.75) is 45.6 Å². The number of unbranched alkanes of at least 4 members (excludes halogenated alkanes) is 2. The van der Waals surface area contributed by atoms with E-state index >= 15 is 0 Å². The molecular weight excluding hydrogens is 178 g/mol. The highest BCUT2D eigenvalue weighted by Gasteiger charge is 2.08. The van der Waals surface area contributed by atoms with Gasteiger partial charge in [0.2, 0.25) is 0 Å². The summed E-state index contributed by atoms with van der Waals surface area (Å²) in [5, 5.41) is 0. The molecule has 0 bridgehead atoms. The van der Waals surface area contributed by atoms with Gasteiger partial charge in [-0.15, -0.1) is 0 Å². The van der Waals surface area contributed by atoms with Crippen LogP contribution in [0.25, 0.3) is 0 Å². The molecule has 0 radical (unpaired) electrons. The average molecular weight is 195 g/mol. The van der Waals surface area contributed by atoms with Crippen LogP contribution in [0.1, 0.15) is 39.5 Å². The van der Waals surface area contributed by atoms with Crippen LogP contribution in [-0.2, 0) is 10.3 Å². The van der Waals surface area contributed by atoms with Crippen LogP contribution in [-0.4, -0.2) is 19.0 Å². The van der Waals surface area contributed by atoms with E-state index in [1.165, 1.54) is 0 Å². The molecule has 0 aliphatic heterocycles. The summed E-state index contributed by atoms with van der Waals surface area (Å²) in [6, 6.07) is -0.174. The average Bonchev–Trinajstić information content (AvgIpc) is 1.84. The van der Waals surface area contributed by atoms with Gasteiger partial charge in [-0.3, -0.25) is 4.55 Å². The molecule has 0 saturated heterocycles. The van der Waals surface area contributed by atoms with Crippen LogP contribution in [0.2, 0.25) is 0 Å². The van der Waals surface area contributed by atoms with E-state index in [2.05, 4.69) is 11.6 Å². The summed E-state index contributed by atoms with van der Waals surface area (Å²) in [4.78, 5) is 0. The Kier molecular flexibility index (Phi) is 5.44. The first-order valence-corrected chi connectivity index (χ1v) is 5.64. The van der Waals surface area contributed by atoms with Crippen molar-refractivity contribution in [1.29, 1.82) is 0 Å². The van der Waals surface area contributed by atoms with Crippen molar-refractivity contribution in [2.24, 2.45) is 0 Å². The molecule has 74 valence electrons. The van der Waals surface area contributed by atoms with Crippen LogP contribution in [0.3, 0.4) is 0 Å². The highest BCUT2D eigenvalue weighted by Crippen LogP contribution is 2.03. The molecule has 0 rings (SSSR count). The fourth-order valence-electron chi connectivity index (χ4n) is 1.01. The second-order valence-electron chi connectivity index (χ2n) is 2.99. The zero-order valence-corrected chi connectivity index (χ0v) is 8.39. The molecule has 0 amide bonds. The molecule has 0 aromatic carbocycles. The van der Waals surface area contributed by atoms with Gasteiger partial charge in [-0.05, 0) is 13.3 Å². The minimum atomic E-state index is -4.01. The summed E-state index contributed by atoms with van der Waals surface area (Å²) in [6.07, 6.45) is 3.96. The maximum Gasteiger partial charge on any atom is 0.333 e. The fraction of sp³-hybridized carbons (Fsp3) is 1.00. The summed E-state index contributed by atoms with van der Waals surface area (Å²) in [6.45, 7) is 3.82. The second-order valence-corrected chi connectivity index (χ2v) is 4.18. The van der Waals surface area contributed by atoms with Crippen molar-refractivity contribution in [2.75, 3.05) is 0 Å². The summed E-state index contributed by atoms with van der Waals surface area (Å²) < 4.78 is 31.1. The van der Waals surface area contributed by atoms with Gasteiger partial charge >= 0.3 is 10.3 Å². The largest absolute Gasteiger partial charge is 0.333 e. The van der Waals surface area contributed by atoms with Crippen LogP contribution in [0.4, 0.5) is 0 Å². The zero-order chi connectivity index (χ0) is 9.61. The smallest absolute Gasteiger partial charge is 0.273 e. The minimum Gasteiger partial charge on any atom is -0.273 e.